The molecule has 1 amide bonds. The van der Waals surface area contributed by atoms with E-state index in [2.05, 4.69) is 22.5 Å². The molecule has 1 heterocycles. The second-order valence-electron chi connectivity index (χ2n) is 6.47. The Morgan fingerprint density at radius 2 is 1.79 bits per heavy atom. The molecule has 3 rings (SSSR count). The van der Waals surface area contributed by atoms with E-state index >= 15 is 0 Å². The Morgan fingerprint density at radius 1 is 1.00 bits per heavy atom. The molecule has 0 atom stereocenters. The maximum atomic E-state index is 12.4. The van der Waals surface area contributed by atoms with Gasteiger partial charge in [-0.3, -0.25) is 4.79 Å². The van der Waals surface area contributed by atoms with Crippen LogP contribution in [0.5, 0.6) is 5.75 Å². The van der Waals surface area contributed by atoms with Crippen molar-refractivity contribution in [2.24, 2.45) is 0 Å². The van der Waals surface area contributed by atoms with Crippen molar-refractivity contribution < 1.29 is 9.53 Å². The van der Waals surface area contributed by atoms with Crippen LogP contribution in [0.3, 0.4) is 0 Å². The number of anilines is 2. The molecule has 0 saturated heterocycles. The third kappa shape index (κ3) is 5.84. The second kappa shape index (κ2) is 10.1. The summed E-state index contributed by atoms with van der Waals surface area (Å²) in [7, 11) is 0. The molecule has 0 unspecified atom stereocenters. The molecule has 5 nitrogen and oxygen atoms in total. The predicted molar refractivity (Wildman–Crippen MR) is 113 cm³/mol. The van der Waals surface area contributed by atoms with Gasteiger partial charge in [0.05, 0.1) is 5.56 Å². The first kappa shape index (κ1) is 19.4. The summed E-state index contributed by atoms with van der Waals surface area (Å²) in [6.45, 7) is 3.54. The van der Waals surface area contributed by atoms with Gasteiger partial charge in [0.15, 0.2) is 0 Å². The van der Waals surface area contributed by atoms with Crippen molar-refractivity contribution in [2.75, 3.05) is 17.2 Å². The SMILES string of the molecule is CCCCNc1ccc(C(=O)Nc2ccc(OCc3ccccc3)cc2)cn1. The van der Waals surface area contributed by atoms with E-state index in [4.69, 9.17) is 4.74 Å². The highest BCUT2D eigenvalue weighted by Gasteiger charge is 2.07. The monoisotopic (exact) mass is 375 g/mol. The van der Waals surface area contributed by atoms with Crippen LogP contribution in [-0.2, 0) is 6.61 Å². The Bertz CT molecular complexity index is 863. The molecular weight excluding hydrogens is 350 g/mol. The number of carbonyl (C=O) groups is 1. The summed E-state index contributed by atoms with van der Waals surface area (Å²) in [5, 5.41) is 6.11. The molecule has 144 valence electrons. The number of benzene rings is 2. The summed E-state index contributed by atoms with van der Waals surface area (Å²) in [4.78, 5) is 16.7. The molecule has 2 aromatic carbocycles. The van der Waals surface area contributed by atoms with Crippen LogP contribution in [0.1, 0.15) is 35.7 Å². The van der Waals surface area contributed by atoms with Gasteiger partial charge in [0.25, 0.3) is 5.91 Å². The smallest absolute Gasteiger partial charge is 0.257 e. The minimum atomic E-state index is -0.189. The third-order valence-electron chi connectivity index (χ3n) is 4.22. The molecule has 2 N–H and O–H groups in total. The molecule has 0 saturated carbocycles. The van der Waals surface area contributed by atoms with Gasteiger partial charge in [-0.05, 0) is 48.4 Å². The molecule has 28 heavy (non-hydrogen) atoms. The summed E-state index contributed by atoms with van der Waals surface area (Å²) in [5.41, 5.74) is 2.34. The number of hydrogen-bond donors (Lipinski definition) is 2. The van der Waals surface area contributed by atoms with Crippen LogP contribution in [0.4, 0.5) is 11.5 Å². The first-order valence-corrected chi connectivity index (χ1v) is 9.52. The second-order valence-corrected chi connectivity index (χ2v) is 6.47. The van der Waals surface area contributed by atoms with Gasteiger partial charge in [-0.15, -0.1) is 0 Å². The lowest BCUT2D eigenvalue weighted by atomic mass is 10.2. The molecule has 3 aromatic rings. The molecule has 0 spiro atoms. The van der Waals surface area contributed by atoms with Gasteiger partial charge >= 0.3 is 0 Å². The number of ether oxygens (including phenoxy) is 1. The number of hydrogen-bond acceptors (Lipinski definition) is 4. The van der Waals surface area contributed by atoms with Gasteiger partial charge in [0.2, 0.25) is 0 Å². The normalized spacial score (nSPS) is 10.3. The fourth-order valence-electron chi connectivity index (χ4n) is 2.60. The van der Waals surface area contributed by atoms with Crippen LogP contribution in [0.2, 0.25) is 0 Å². The molecule has 0 fully saturated rings. The number of aromatic nitrogens is 1. The Labute approximate surface area is 165 Å². The highest BCUT2D eigenvalue weighted by atomic mass is 16.5. The topological polar surface area (TPSA) is 63.2 Å². The van der Waals surface area contributed by atoms with E-state index in [1.165, 1.54) is 0 Å². The summed E-state index contributed by atoms with van der Waals surface area (Å²) in [6.07, 6.45) is 3.81. The van der Waals surface area contributed by atoms with Crippen molar-refractivity contribution in [1.82, 2.24) is 4.98 Å². The minimum Gasteiger partial charge on any atom is -0.489 e. The van der Waals surface area contributed by atoms with Crippen LogP contribution in [-0.4, -0.2) is 17.4 Å². The lowest BCUT2D eigenvalue weighted by Crippen LogP contribution is -2.12. The Morgan fingerprint density at radius 3 is 2.46 bits per heavy atom. The lowest BCUT2D eigenvalue weighted by Gasteiger charge is -2.09. The number of amides is 1. The number of rotatable bonds is 9. The van der Waals surface area contributed by atoms with Gasteiger partial charge in [-0.1, -0.05) is 43.7 Å². The quantitative estimate of drug-likeness (QED) is 0.509. The highest BCUT2D eigenvalue weighted by molar-refractivity contribution is 6.04. The Hall–Kier alpha value is -3.34. The van der Waals surface area contributed by atoms with Crippen molar-refractivity contribution in [1.29, 1.82) is 0 Å². The van der Waals surface area contributed by atoms with Crippen molar-refractivity contribution >= 4 is 17.4 Å². The van der Waals surface area contributed by atoms with E-state index in [9.17, 15) is 4.79 Å². The summed E-state index contributed by atoms with van der Waals surface area (Å²) in [6, 6.07) is 20.9. The summed E-state index contributed by atoms with van der Waals surface area (Å²) < 4.78 is 5.76. The molecule has 0 radical (unpaired) electrons. The predicted octanol–water partition coefficient (Wildman–Crippen LogP) is 5.12. The zero-order chi connectivity index (χ0) is 19.6. The number of nitrogens with one attached hydrogen (secondary N) is 2. The Kier molecular flexibility index (Phi) is 7.01. The first-order valence-electron chi connectivity index (χ1n) is 9.52. The van der Waals surface area contributed by atoms with Crippen LogP contribution >= 0.6 is 0 Å². The van der Waals surface area contributed by atoms with Crippen LogP contribution in [0.25, 0.3) is 0 Å². The van der Waals surface area contributed by atoms with Crippen LogP contribution in [0, 0.1) is 0 Å². The molecule has 1 aromatic heterocycles. The third-order valence-corrected chi connectivity index (χ3v) is 4.22. The fraction of sp³-hybridized carbons (Fsp3) is 0.217. The number of nitrogens with zero attached hydrogens (tertiary/aromatic N) is 1. The average Bonchev–Trinajstić information content (AvgIpc) is 2.75. The summed E-state index contributed by atoms with van der Waals surface area (Å²) >= 11 is 0. The van der Waals surface area contributed by atoms with Gasteiger partial charge in [-0.2, -0.15) is 0 Å². The van der Waals surface area contributed by atoms with Gasteiger partial charge in [0, 0.05) is 18.4 Å². The van der Waals surface area contributed by atoms with E-state index in [0.717, 1.165) is 36.5 Å². The van der Waals surface area contributed by atoms with E-state index in [-0.39, 0.29) is 5.91 Å². The van der Waals surface area contributed by atoms with Crippen LogP contribution in [0.15, 0.2) is 72.9 Å². The lowest BCUT2D eigenvalue weighted by molar-refractivity contribution is 0.102. The van der Waals surface area contributed by atoms with Crippen molar-refractivity contribution in [3.63, 3.8) is 0 Å². The molecular formula is C23H25N3O2. The average molecular weight is 375 g/mol. The number of carbonyl (C=O) groups excluding carboxylic acids is 1. The highest BCUT2D eigenvalue weighted by Crippen LogP contribution is 2.18. The van der Waals surface area contributed by atoms with Gasteiger partial charge in [0.1, 0.15) is 18.2 Å². The zero-order valence-corrected chi connectivity index (χ0v) is 16.0. The Balaban J connectivity index is 1.51. The summed E-state index contributed by atoms with van der Waals surface area (Å²) in [5.74, 6) is 1.35. The van der Waals surface area contributed by atoms with Gasteiger partial charge in [-0.25, -0.2) is 4.98 Å². The molecule has 0 aliphatic heterocycles. The number of pyridine rings is 1. The molecule has 0 aliphatic rings. The van der Waals surface area contributed by atoms with Crippen molar-refractivity contribution in [3.8, 4) is 5.75 Å². The van der Waals surface area contributed by atoms with Crippen molar-refractivity contribution in [2.45, 2.75) is 26.4 Å². The first-order chi connectivity index (χ1) is 13.7. The van der Waals surface area contributed by atoms with Crippen molar-refractivity contribution in [3.05, 3.63) is 84.1 Å². The van der Waals surface area contributed by atoms with E-state index in [1.807, 2.05) is 60.7 Å². The number of unbranched alkanes of at least 4 members (excludes halogenated alkanes) is 1. The molecule has 5 heteroatoms. The van der Waals surface area contributed by atoms with E-state index in [0.29, 0.717) is 17.9 Å². The van der Waals surface area contributed by atoms with Crippen LogP contribution < -0.4 is 15.4 Å². The molecule has 0 bridgehead atoms. The zero-order valence-electron chi connectivity index (χ0n) is 16.0. The minimum absolute atomic E-state index is 0.189. The van der Waals surface area contributed by atoms with E-state index in [1.54, 1.807) is 12.3 Å². The fourth-order valence-corrected chi connectivity index (χ4v) is 2.60. The standard InChI is InChI=1S/C23H25N3O2/c1-2-3-15-24-22-14-9-19(16-25-22)23(27)26-20-10-12-21(13-11-20)28-17-18-7-5-4-6-8-18/h4-14,16H,2-3,15,17H2,1H3,(H,24,25)(H,26,27). The maximum Gasteiger partial charge on any atom is 0.257 e. The molecule has 0 aliphatic carbocycles. The van der Waals surface area contributed by atoms with E-state index < -0.39 is 0 Å². The van der Waals surface area contributed by atoms with Gasteiger partial charge < -0.3 is 15.4 Å². The largest absolute Gasteiger partial charge is 0.489 e. The maximum absolute atomic E-state index is 12.4.